The fraction of sp³-hybridized carbons (Fsp3) is 0.200. The Kier molecular flexibility index (Phi) is 2.83. The van der Waals surface area contributed by atoms with Gasteiger partial charge >= 0.3 is 5.97 Å². The normalized spacial score (nSPS) is 10.5. The molecule has 2 heterocycles. The van der Waals surface area contributed by atoms with E-state index in [4.69, 9.17) is 5.11 Å². The monoisotopic (exact) mass is 239 g/mol. The van der Waals surface area contributed by atoms with Crippen molar-refractivity contribution in [3.05, 3.63) is 27.4 Å². The Balaban J connectivity index is 2.33. The Morgan fingerprint density at radius 1 is 1.60 bits per heavy atom. The second-order valence-electron chi connectivity index (χ2n) is 3.10. The lowest BCUT2D eigenvalue weighted by Crippen LogP contribution is -2.01. The first kappa shape index (κ1) is 10.3. The molecule has 0 aromatic carbocycles. The van der Waals surface area contributed by atoms with Crippen molar-refractivity contribution in [1.82, 2.24) is 4.98 Å². The quantitative estimate of drug-likeness (QED) is 0.896. The lowest BCUT2D eigenvalue weighted by atomic mass is 10.3. The van der Waals surface area contributed by atoms with Crippen molar-refractivity contribution >= 4 is 28.6 Å². The minimum atomic E-state index is -0.833. The Hall–Kier alpha value is -1.20. The molecule has 1 N–H and O–H groups in total. The highest BCUT2D eigenvalue weighted by Gasteiger charge is 2.12. The highest BCUT2D eigenvalue weighted by molar-refractivity contribution is 7.15. The highest BCUT2D eigenvalue weighted by atomic mass is 32.1. The molecule has 0 fully saturated rings. The van der Waals surface area contributed by atoms with E-state index >= 15 is 0 Å². The molecule has 0 radical (unpaired) electrons. The third kappa shape index (κ3) is 2.24. The number of thiophene rings is 1. The molecule has 78 valence electrons. The minimum absolute atomic E-state index is 0.00642. The maximum atomic E-state index is 10.6. The number of carboxylic acids is 1. The summed E-state index contributed by atoms with van der Waals surface area (Å²) < 4.78 is 0. The molecule has 0 bridgehead atoms. The molecular weight excluding hydrogens is 230 g/mol. The number of hydrogen-bond donors (Lipinski definition) is 1. The van der Waals surface area contributed by atoms with Crippen LogP contribution in [0.1, 0.15) is 10.6 Å². The molecule has 3 nitrogen and oxygen atoms in total. The maximum Gasteiger partial charge on any atom is 0.309 e. The lowest BCUT2D eigenvalue weighted by Gasteiger charge is -1.90. The van der Waals surface area contributed by atoms with Crippen molar-refractivity contribution < 1.29 is 9.90 Å². The number of carbonyl (C=O) groups is 1. The van der Waals surface area contributed by atoms with Crippen LogP contribution in [0.15, 0.2) is 16.8 Å². The molecule has 2 aromatic rings. The number of aromatic nitrogens is 1. The van der Waals surface area contributed by atoms with Crippen molar-refractivity contribution in [2.45, 2.75) is 13.3 Å². The Labute approximate surface area is 95.0 Å². The smallest absolute Gasteiger partial charge is 0.309 e. The summed E-state index contributed by atoms with van der Waals surface area (Å²) in [4.78, 5) is 15.9. The Morgan fingerprint density at radius 3 is 3.00 bits per heavy atom. The summed E-state index contributed by atoms with van der Waals surface area (Å²) in [6, 6.07) is 1.99. The molecule has 0 unspecified atom stereocenters. The van der Waals surface area contributed by atoms with Gasteiger partial charge in [0.05, 0.1) is 12.1 Å². The van der Waals surface area contributed by atoms with Crippen LogP contribution in [0.3, 0.4) is 0 Å². The first-order valence-electron chi connectivity index (χ1n) is 4.37. The van der Waals surface area contributed by atoms with E-state index in [9.17, 15) is 4.79 Å². The molecule has 0 aliphatic carbocycles. The van der Waals surface area contributed by atoms with Gasteiger partial charge in [0.25, 0.3) is 0 Å². The summed E-state index contributed by atoms with van der Waals surface area (Å²) in [7, 11) is 0. The number of aliphatic carboxylic acids is 1. The standard InChI is InChI=1S/C10H9NO2S2/c1-6-8(4-9(12)13)11-10(15-6)7-2-3-14-5-7/h2-3,5H,4H2,1H3,(H,12,13). The van der Waals surface area contributed by atoms with Gasteiger partial charge in [-0.15, -0.1) is 11.3 Å². The van der Waals surface area contributed by atoms with E-state index in [-0.39, 0.29) is 6.42 Å². The van der Waals surface area contributed by atoms with E-state index in [1.54, 1.807) is 22.7 Å². The number of aryl methyl sites for hydroxylation is 1. The van der Waals surface area contributed by atoms with Gasteiger partial charge in [-0.25, -0.2) is 4.98 Å². The summed E-state index contributed by atoms with van der Waals surface area (Å²) in [6.07, 6.45) is 0.00642. The average Bonchev–Trinajstić information content (AvgIpc) is 2.75. The summed E-state index contributed by atoms with van der Waals surface area (Å²) in [5, 5.41) is 13.6. The highest BCUT2D eigenvalue weighted by Crippen LogP contribution is 2.29. The predicted octanol–water partition coefficient (Wildman–Crippen LogP) is 2.81. The van der Waals surface area contributed by atoms with Crippen molar-refractivity contribution in [2.24, 2.45) is 0 Å². The average molecular weight is 239 g/mol. The van der Waals surface area contributed by atoms with Crippen molar-refractivity contribution in [2.75, 3.05) is 0 Å². The molecule has 2 aromatic heterocycles. The topological polar surface area (TPSA) is 50.2 Å². The zero-order valence-electron chi connectivity index (χ0n) is 8.06. The van der Waals surface area contributed by atoms with Crippen molar-refractivity contribution in [1.29, 1.82) is 0 Å². The van der Waals surface area contributed by atoms with Gasteiger partial charge in [0, 0.05) is 15.8 Å². The zero-order chi connectivity index (χ0) is 10.8. The van der Waals surface area contributed by atoms with Crippen LogP contribution >= 0.6 is 22.7 Å². The number of nitrogens with zero attached hydrogens (tertiary/aromatic N) is 1. The molecular formula is C10H9NO2S2. The van der Waals surface area contributed by atoms with E-state index in [0.717, 1.165) is 15.4 Å². The van der Waals surface area contributed by atoms with E-state index in [0.29, 0.717) is 5.69 Å². The third-order valence-corrected chi connectivity index (χ3v) is 3.72. The van der Waals surface area contributed by atoms with Crippen LogP contribution in [0.2, 0.25) is 0 Å². The Bertz CT molecular complexity index is 474. The van der Waals surface area contributed by atoms with Crippen molar-refractivity contribution in [3.63, 3.8) is 0 Å². The van der Waals surface area contributed by atoms with Crippen LogP contribution < -0.4 is 0 Å². The number of thiazole rings is 1. The fourth-order valence-electron chi connectivity index (χ4n) is 1.24. The van der Waals surface area contributed by atoms with Gasteiger partial charge in [-0.1, -0.05) is 0 Å². The fourth-order valence-corrected chi connectivity index (χ4v) is 2.89. The predicted molar refractivity (Wildman–Crippen MR) is 61.5 cm³/mol. The van der Waals surface area contributed by atoms with Crippen LogP contribution in [0, 0.1) is 6.92 Å². The minimum Gasteiger partial charge on any atom is -0.481 e. The molecule has 0 aliphatic heterocycles. The van der Waals surface area contributed by atoms with Crippen LogP contribution in [-0.2, 0) is 11.2 Å². The molecule has 0 amide bonds. The Morgan fingerprint density at radius 2 is 2.40 bits per heavy atom. The van der Waals surface area contributed by atoms with E-state index < -0.39 is 5.97 Å². The summed E-state index contributed by atoms with van der Waals surface area (Å²) in [5.41, 5.74) is 1.75. The van der Waals surface area contributed by atoms with Crippen LogP contribution in [0.4, 0.5) is 0 Å². The third-order valence-electron chi connectivity index (χ3n) is 1.98. The second-order valence-corrected chi connectivity index (χ2v) is 5.09. The first-order valence-corrected chi connectivity index (χ1v) is 6.13. The van der Waals surface area contributed by atoms with Crippen LogP contribution in [0.5, 0.6) is 0 Å². The molecule has 0 spiro atoms. The lowest BCUT2D eigenvalue weighted by molar-refractivity contribution is -0.136. The van der Waals surface area contributed by atoms with Gasteiger partial charge in [-0.3, -0.25) is 4.79 Å². The summed E-state index contributed by atoms with van der Waals surface area (Å²) in [5.74, 6) is -0.833. The van der Waals surface area contributed by atoms with Gasteiger partial charge in [0.15, 0.2) is 0 Å². The van der Waals surface area contributed by atoms with Gasteiger partial charge in [-0.05, 0) is 18.4 Å². The number of carboxylic acid groups (broad SMARTS) is 1. The molecule has 5 heteroatoms. The van der Waals surface area contributed by atoms with Crippen molar-refractivity contribution in [3.8, 4) is 10.6 Å². The van der Waals surface area contributed by atoms with Crippen LogP contribution in [-0.4, -0.2) is 16.1 Å². The SMILES string of the molecule is Cc1sc(-c2ccsc2)nc1CC(=O)O. The number of hydrogen-bond acceptors (Lipinski definition) is 4. The molecule has 0 saturated carbocycles. The molecule has 0 saturated heterocycles. The maximum absolute atomic E-state index is 10.6. The van der Waals surface area contributed by atoms with Crippen LogP contribution in [0.25, 0.3) is 10.6 Å². The number of rotatable bonds is 3. The summed E-state index contributed by atoms with van der Waals surface area (Å²) in [6.45, 7) is 1.91. The molecule has 0 atom stereocenters. The molecule has 2 rings (SSSR count). The zero-order valence-corrected chi connectivity index (χ0v) is 9.69. The van der Waals surface area contributed by atoms with E-state index in [1.807, 2.05) is 23.8 Å². The van der Waals surface area contributed by atoms with Gasteiger partial charge in [-0.2, -0.15) is 11.3 Å². The molecule has 15 heavy (non-hydrogen) atoms. The molecule has 0 aliphatic rings. The largest absolute Gasteiger partial charge is 0.481 e. The second kappa shape index (κ2) is 4.12. The first-order chi connectivity index (χ1) is 7.16. The van der Waals surface area contributed by atoms with Gasteiger partial charge in [0.2, 0.25) is 0 Å². The summed E-state index contributed by atoms with van der Waals surface area (Å²) >= 11 is 3.16. The van der Waals surface area contributed by atoms with Gasteiger partial charge in [0.1, 0.15) is 5.01 Å². The van der Waals surface area contributed by atoms with Gasteiger partial charge < -0.3 is 5.11 Å². The van der Waals surface area contributed by atoms with E-state index in [2.05, 4.69) is 4.98 Å². The van der Waals surface area contributed by atoms with E-state index in [1.165, 1.54) is 0 Å².